The molecule has 0 saturated heterocycles. The van der Waals surface area contributed by atoms with Crippen molar-refractivity contribution >= 4 is 17.6 Å². The molecule has 6 nitrogen and oxygen atoms in total. The zero-order chi connectivity index (χ0) is 9.97. The second kappa shape index (κ2) is 3.43. The Morgan fingerprint density at radius 1 is 1.57 bits per heavy atom. The summed E-state index contributed by atoms with van der Waals surface area (Å²) in [6.07, 6.45) is 1.69. The predicted molar refractivity (Wildman–Crippen MR) is 52.1 cm³/mol. The highest BCUT2D eigenvalue weighted by atomic mass is 16.6. The molecule has 0 aromatic heterocycles. The molecule has 1 aromatic rings. The maximum Gasteiger partial charge on any atom is 0.271 e. The summed E-state index contributed by atoms with van der Waals surface area (Å²) >= 11 is 0. The lowest BCUT2D eigenvalue weighted by Crippen LogP contribution is -2.28. The van der Waals surface area contributed by atoms with E-state index in [4.69, 9.17) is 0 Å². The van der Waals surface area contributed by atoms with Gasteiger partial charge in [-0.2, -0.15) is 10.2 Å². The predicted octanol–water partition coefficient (Wildman–Crippen LogP) is 0.905. The Labute approximate surface area is 80.0 Å². The van der Waals surface area contributed by atoms with E-state index >= 15 is 0 Å². The summed E-state index contributed by atoms with van der Waals surface area (Å²) in [7, 11) is 0. The molecule has 14 heavy (non-hydrogen) atoms. The van der Waals surface area contributed by atoms with Crippen LogP contribution in [-0.4, -0.2) is 17.7 Å². The monoisotopic (exact) mass is 192 g/mol. The lowest BCUT2D eigenvalue weighted by atomic mass is 10.3. The number of hydrogen-bond donors (Lipinski definition) is 1. The first kappa shape index (κ1) is 8.64. The fourth-order valence-corrected chi connectivity index (χ4v) is 1.19. The molecule has 0 amide bonds. The van der Waals surface area contributed by atoms with E-state index in [2.05, 4.69) is 10.5 Å². The summed E-state index contributed by atoms with van der Waals surface area (Å²) in [5, 5.41) is 16.0. The highest BCUT2D eigenvalue weighted by molar-refractivity contribution is 5.66. The van der Waals surface area contributed by atoms with Gasteiger partial charge in [-0.15, -0.1) is 0 Å². The van der Waals surface area contributed by atoms with Crippen LogP contribution >= 0.6 is 0 Å². The number of nitrogens with one attached hydrogen (secondary N) is 1. The van der Waals surface area contributed by atoms with Crippen molar-refractivity contribution in [3.63, 3.8) is 0 Å². The fraction of sp³-hybridized carbons (Fsp3) is 0.125. The van der Waals surface area contributed by atoms with Crippen molar-refractivity contribution in [3.8, 4) is 0 Å². The van der Waals surface area contributed by atoms with Crippen LogP contribution in [-0.2, 0) is 0 Å². The largest absolute Gasteiger partial charge is 0.271 e. The average molecular weight is 192 g/mol. The molecule has 1 heterocycles. The van der Waals surface area contributed by atoms with E-state index in [9.17, 15) is 10.1 Å². The lowest BCUT2D eigenvalue weighted by Gasteiger charge is -2.12. The molecule has 0 unspecified atom stereocenters. The van der Waals surface area contributed by atoms with Crippen LogP contribution in [0.5, 0.6) is 0 Å². The fourth-order valence-electron chi connectivity index (χ4n) is 1.19. The molecule has 0 bridgehead atoms. The Balaban J connectivity index is 2.30. The highest BCUT2D eigenvalue weighted by Crippen LogP contribution is 2.20. The molecule has 0 saturated carbocycles. The summed E-state index contributed by atoms with van der Waals surface area (Å²) in [6, 6.07) is 6.30. The van der Waals surface area contributed by atoms with Crippen LogP contribution in [0.1, 0.15) is 0 Å². The smallest absolute Gasteiger partial charge is 0.258 e. The van der Waals surface area contributed by atoms with Gasteiger partial charge in [0.2, 0.25) is 0 Å². The molecule has 0 fully saturated rings. The van der Waals surface area contributed by atoms with Crippen molar-refractivity contribution in [1.29, 1.82) is 0 Å². The number of non-ortho nitro benzene ring substituents is 1. The Bertz CT molecular complexity index is 391. The number of nitro benzene ring substituents is 1. The van der Waals surface area contributed by atoms with Gasteiger partial charge in [-0.05, 0) is 6.07 Å². The average Bonchev–Trinajstić information content (AvgIpc) is 2.71. The zero-order valence-corrected chi connectivity index (χ0v) is 7.25. The van der Waals surface area contributed by atoms with Crippen LogP contribution < -0.4 is 10.5 Å². The number of hydrazine groups is 1. The number of rotatable bonds is 2. The highest BCUT2D eigenvalue weighted by Gasteiger charge is 2.11. The topological polar surface area (TPSA) is 70.8 Å². The van der Waals surface area contributed by atoms with Crippen molar-refractivity contribution in [2.75, 3.05) is 11.7 Å². The summed E-state index contributed by atoms with van der Waals surface area (Å²) in [6.45, 7) is 0.642. The van der Waals surface area contributed by atoms with E-state index in [0.29, 0.717) is 12.2 Å². The van der Waals surface area contributed by atoms with Crippen LogP contribution in [0.3, 0.4) is 0 Å². The van der Waals surface area contributed by atoms with Crippen molar-refractivity contribution in [2.24, 2.45) is 5.10 Å². The van der Waals surface area contributed by atoms with E-state index < -0.39 is 4.92 Å². The van der Waals surface area contributed by atoms with Gasteiger partial charge in [-0.1, -0.05) is 6.07 Å². The molecule has 2 rings (SSSR count). The maximum absolute atomic E-state index is 10.5. The Hall–Kier alpha value is -1.95. The molecule has 1 aliphatic rings. The molecule has 0 spiro atoms. The number of hydrogen-bond acceptors (Lipinski definition) is 5. The second-order valence-corrected chi connectivity index (χ2v) is 2.75. The van der Waals surface area contributed by atoms with E-state index in [-0.39, 0.29) is 5.69 Å². The van der Waals surface area contributed by atoms with Gasteiger partial charge in [-0.25, -0.2) is 5.43 Å². The number of anilines is 1. The second-order valence-electron chi connectivity index (χ2n) is 2.75. The summed E-state index contributed by atoms with van der Waals surface area (Å²) in [5.41, 5.74) is 3.65. The molecule has 0 atom stereocenters. The van der Waals surface area contributed by atoms with E-state index in [1.54, 1.807) is 18.3 Å². The van der Waals surface area contributed by atoms with Gasteiger partial charge in [0.05, 0.1) is 17.2 Å². The molecule has 6 heteroatoms. The van der Waals surface area contributed by atoms with E-state index in [1.165, 1.54) is 17.3 Å². The Kier molecular flexibility index (Phi) is 2.11. The van der Waals surface area contributed by atoms with Gasteiger partial charge in [0, 0.05) is 18.3 Å². The summed E-state index contributed by atoms with van der Waals surface area (Å²) < 4.78 is 0. The molecule has 0 radical (unpaired) electrons. The quantitative estimate of drug-likeness (QED) is 0.558. The molecule has 1 aromatic carbocycles. The number of nitrogens with zero attached hydrogens (tertiary/aromatic N) is 3. The number of benzene rings is 1. The normalized spacial score (nSPS) is 14.7. The minimum absolute atomic E-state index is 0.0615. The lowest BCUT2D eigenvalue weighted by molar-refractivity contribution is -0.384. The number of hydrazone groups is 1. The van der Waals surface area contributed by atoms with Gasteiger partial charge in [0.15, 0.2) is 0 Å². The molecule has 72 valence electrons. The van der Waals surface area contributed by atoms with Gasteiger partial charge >= 0.3 is 0 Å². The first-order chi connectivity index (χ1) is 6.77. The molecule has 1 N–H and O–H groups in total. The SMILES string of the molecule is O=[N+]([O-])c1cccc(N2N=CCN2)c1. The van der Waals surface area contributed by atoms with E-state index in [1.807, 2.05) is 0 Å². The minimum Gasteiger partial charge on any atom is -0.258 e. The third-order valence-corrected chi connectivity index (χ3v) is 1.81. The van der Waals surface area contributed by atoms with Crippen LogP contribution in [0.4, 0.5) is 11.4 Å². The minimum atomic E-state index is -0.427. The molecule has 0 aliphatic carbocycles. The van der Waals surface area contributed by atoms with Gasteiger partial charge in [0.1, 0.15) is 0 Å². The van der Waals surface area contributed by atoms with Crippen molar-refractivity contribution in [1.82, 2.24) is 5.43 Å². The maximum atomic E-state index is 10.5. The third kappa shape index (κ3) is 1.55. The standard InChI is InChI=1S/C8H8N4O2/c13-12(14)8-3-1-2-7(6-8)11-9-4-5-10-11/h1-4,6,10H,5H2. The Morgan fingerprint density at radius 3 is 3.07 bits per heavy atom. The third-order valence-electron chi connectivity index (χ3n) is 1.81. The molecular weight excluding hydrogens is 184 g/mol. The molecular formula is C8H8N4O2. The number of nitro groups is 1. The van der Waals surface area contributed by atoms with Gasteiger partial charge in [-0.3, -0.25) is 10.1 Å². The first-order valence-corrected chi connectivity index (χ1v) is 4.08. The molecule has 1 aliphatic heterocycles. The van der Waals surface area contributed by atoms with Gasteiger partial charge < -0.3 is 0 Å². The zero-order valence-electron chi connectivity index (χ0n) is 7.25. The van der Waals surface area contributed by atoms with Crippen LogP contribution in [0.15, 0.2) is 29.4 Å². The van der Waals surface area contributed by atoms with Crippen LogP contribution in [0, 0.1) is 10.1 Å². The van der Waals surface area contributed by atoms with Crippen molar-refractivity contribution < 1.29 is 4.92 Å². The van der Waals surface area contributed by atoms with Crippen molar-refractivity contribution in [2.45, 2.75) is 0 Å². The van der Waals surface area contributed by atoms with Gasteiger partial charge in [0.25, 0.3) is 5.69 Å². The Morgan fingerprint density at radius 2 is 2.43 bits per heavy atom. The van der Waals surface area contributed by atoms with Crippen LogP contribution in [0.2, 0.25) is 0 Å². The first-order valence-electron chi connectivity index (χ1n) is 4.08. The van der Waals surface area contributed by atoms with Crippen LogP contribution in [0.25, 0.3) is 0 Å². The van der Waals surface area contributed by atoms with Crippen molar-refractivity contribution in [3.05, 3.63) is 34.4 Å². The summed E-state index contributed by atoms with van der Waals surface area (Å²) in [4.78, 5) is 10.1. The van der Waals surface area contributed by atoms with E-state index in [0.717, 1.165) is 0 Å². The summed E-state index contributed by atoms with van der Waals surface area (Å²) in [5.74, 6) is 0.